The first-order valence-electron chi connectivity index (χ1n) is 11.6. The summed E-state index contributed by atoms with van der Waals surface area (Å²) < 4.78 is 7.23. The third kappa shape index (κ3) is 3.44. The average Bonchev–Trinajstić information content (AvgIpc) is 3.38. The molecule has 2 aliphatic rings. The molecule has 1 aromatic heterocycles. The van der Waals surface area contributed by atoms with E-state index < -0.39 is 6.04 Å². The molecule has 1 amide bonds. The fraction of sp³-hybridized carbons (Fsp3) is 0.259. The van der Waals surface area contributed by atoms with Crippen molar-refractivity contribution in [3.8, 4) is 5.75 Å². The van der Waals surface area contributed by atoms with E-state index >= 15 is 0 Å². The minimum absolute atomic E-state index is 0.0963. The zero-order chi connectivity index (χ0) is 23.4. The molecule has 0 bridgehead atoms. The number of hydrogen-bond acceptors (Lipinski definition) is 5. The number of carbonyl (C=O) groups is 1. The number of nitrogens with zero attached hydrogens (tertiary/aromatic N) is 1. The number of anilines is 1. The van der Waals surface area contributed by atoms with Crippen LogP contribution in [0.25, 0.3) is 11.1 Å². The molecule has 3 N–H and O–H groups in total. The molecule has 34 heavy (non-hydrogen) atoms. The number of phenolic OH excluding ortho intramolecular Hbond substituents is 1. The first kappa shape index (κ1) is 20.6. The van der Waals surface area contributed by atoms with Crippen molar-refractivity contribution in [3.05, 3.63) is 93.0 Å². The molecule has 0 aliphatic carbocycles. The molecular weight excluding hydrogens is 430 g/mol. The zero-order valence-corrected chi connectivity index (χ0v) is 18.8. The topological polar surface area (TPSA) is 96.5 Å². The van der Waals surface area contributed by atoms with Gasteiger partial charge in [0.05, 0.1) is 11.6 Å². The van der Waals surface area contributed by atoms with Crippen molar-refractivity contribution in [3.63, 3.8) is 0 Å². The van der Waals surface area contributed by atoms with E-state index in [-0.39, 0.29) is 23.5 Å². The number of benzene rings is 3. The molecule has 0 saturated carbocycles. The number of fused-ring (bicyclic) bond motifs is 1. The zero-order valence-electron chi connectivity index (χ0n) is 18.8. The molecule has 4 aromatic rings. The number of oxazole rings is 1. The SMILES string of the molecule is Cc1cc(O)cc2c1CC(C(=O)NC1CCn3c(=O)oc4cc(Cc5ccccc5)cc1c43)N2. The standard InChI is InChI=1S/C27H25N3O4/c1-15-9-18(31)13-22-19(15)14-23(28-22)26(32)29-21-7-8-30-25-20(21)11-17(12-24(25)34-27(30)33)10-16-5-3-2-4-6-16/h2-6,9,11-13,21,23,28,31H,7-8,10,14H2,1H3,(H,29,32). The van der Waals surface area contributed by atoms with Crippen LogP contribution in [0.2, 0.25) is 0 Å². The number of phenols is 1. The Morgan fingerprint density at radius 1 is 1.18 bits per heavy atom. The van der Waals surface area contributed by atoms with Crippen molar-refractivity contribution in [1.29, 1.82) is 0 Å². The van der Waals surface area contributed by atoms with Crippen LogP contribution >= 0.6 is 0 Å². The first-order chi connectivity index (χ1) is 16.5. The highest BCUT2D eigenvalue weighted by Gasteiger charge is 2.32. The molecule has 2 unspecified atom stereocenters. The lowest BCUT2D eigenvalue weighted by Crippen LogP contribution is -2.41. The summed E-state index contributed by atoms with van der Waals surface area (Å²) in [5.74, 6) is -0.269. The summed E-state index contributed by atoms with van der Waals surface area (Å²) in [5.41, 5.74) is 7.26. The summed E-state index contributed by atoms with van der Waals surface area (Å²) in [6.45, 7) is 2.43. The second kappa shape index (κ2) is 7.80. The van der Waals surface area contributed by atoms with Gasteiger partial charge in [0.25, 0.3) is 0 Å². The highest BCUT2D eigenvalue weighted by molar-refractivity contribution is 5.89. The number of hydrogen-bond donors (Lipinski definition) is 3. The Morgan fingerprint density at radius 3 is 2.82 bits per heavy atom. The van der Waals surface area contributed by atoms with Crippen molar-refractivity contribution in [2.75, 3.05) is 5.32 Å². The van der Waals surface area contributed by atoms with Crippen LogP contribution in [0.15, 0.2) is 63.8 Å². The molecule has 3 aromatic carbocycles. The average molecular weight is 456 g/mol. The normalized spacial score (nSPS) is 18.5. The molecule has 2 atom stereocenters. The molecule has 172 valence electrons. The van der Waals surface area contributed by atoms with Crippen molar-refractivity contribution < 1.29 is 14.3 Å². The summed E-state index contributed by atoms with van der Waals surface area (Å²) in [5, 5.41) is 16.4. The summed E-state index contributed by atoms with van der Waals surface area (Å²) in [6, 6.07) is 16.9. The van der Waals surface area contributed by atoms with E-state index in [1.165, 1.54) is 5.56 Å². The lowest BCUT2D eigenvalue weighted by Gasteiger charge is -2.26. The maximum Gasteiger partial charge on any atom is 0.419 e. The van der Waals surface area contributed by atoms with Gasteiger partial charge in [-0.05, 0) is 54.2 Å². The molecule has 7 nitrogen and oxygen atoms in total. The second-order valence-corrected chi connectivity index (χ2v) is 9.25. The van der Waals surface area contributed by atoms with Gasteiger partial charge in [-0.1, -0.05) is 36.4 Å². The number of amides is 1. The number of aryl methyl sites for hydroxylation is 2. The predicted molar refractivity (Wildman–Crippen MR) is 129 cm³/mol. The van der Waals surface area contributed by atoms with Gasteiger partial charge < -0.3 is 20.2 Å². The van der Waals surface area contributed by atoms with Gasteiger partial charge in [0.1, 0.15) is 11.8 Å². The van der Waals surface area contributed by atoms with Crippen molar-refractivity contribution in [2.24, 2.45) is 0 Å². The van der Waals surface area contributed by atoms with E-state index in [0.717, 1.165) is 33.5 Å². The summed E-state index contributed by atoms with van der Waals surface area (Å²) in [6.07, 6.45) is 1.89. The Labute approximate surface area is 196 Å². The quantitative estimate of drug-likeness (QED) is 0.435. The fourth-order valence-electron chi connectivity index (χ4n) is 5.33. The maximum atomic E-state index is 13.3. The van der Waals surface area contributed by atoms with Crippen molar-refractivity contribution >= 4 is 22.7 Å². The number of rotatable bonds is 4. The van der Waals surface area contributed by atoms with Crippen LogP contribution in [0.4, 0.5) is 5.69 Å². The van der Waals surface area contributed by atoms with Crippen LogP contribution in [0.5, 0.6) is 5.75 Å². The molecule has 7 heteroatoms. The van der Waals surface area contributed by atoms with Crippen LogP contribution in [-0.2, 0) is 24.2 Å². The lowest BCUT2D eigenvalue weighted by molar-refractivity contribution is -0.122. The third-order valence-electron chi connectivity index (χ3n) is 6.95. The fourth-order valence-corrected chi connectivity index (χ4v) is 5.33. The molecule has 0 saturated heterocycles. The monoisotopic (exact) mass is 455 g/mol. The Morgan fingerprint density at radius 2 is 2.00 bits per heavy atom. The van der Waals surface area contributed by atoms with Crippen LogP contribution in [0, 0.1) is 6.92 Å². The number of aromatic hydroxyl groups is 1. The Bertz CT molecular complexity index is 1490. The molecule has 2 aliphatic heterocycles. The van der Waals surface area contributed by atoms with E-state index in [1.54, 1.807) is 16.7 Å². The summed E-state index contributed by atoms with van der Waals surface area (Å²) >= 11 is 0. The largest absolute Gasteiger partial charge is 0.508 e. The first-order valence-corrected chi connectivity index (χ1v) is 11.6. The van der Waals surface area contributed by atoms with Gasteiger partial charge in [-0.15, -0.1) is 0 Å². The van der Waals surface area contributed by atoms with Crippen LogP contribution in [0.3, 0.4) is 0 Å². The van der Waals surface area contributed by atoms with Gasteiger partial charge in [-0.25, -0.2) is 4.79 Å². The van der Waals surface area contributed by atoms with Gasteiger partial charge in [0.2, 0.25) is 5.91 Å². The smallest absolute Gasteiger partial charge is 0.419 e. The molecule has 0 radical (unpaired) electrons. The minimum atomic E-state index is -0.410. The van der Waals surface area contributed by atoms with Gasteiger partial charge >= 0.3 is 5.76 Å². The number of carbonyl (C=O) groups excluding carboxylic acids is 1. The van der Waals surface area contributed by atoms with Crippen LogP contribution in [0.1, 0.15) is 40.3 Å². The van der Waals surface area contributed by atoms with Crippen LogP contribution in [-0.4, -0.2) is 21.6 Å². The predicted octanol–water partition coefficient (Wildman–Crippen LogP) is 3.80. The highest BCUT2D eigenvalue weighted by Crippen LogP contribution is 2.35. The van der Waals surface area contributed by atoms with E-state index in [9.17, 15) is 14.7 Å². The van der Waals surface area contributed by atoms with Crippen molar-refractivity contribution in [1.82, 2.24) is 9.88 Å². The van der Waals surface area contributed by atoms with Gasteiger partial charge in [0, 0.05) is 30.3 Å². The summed E-state index contributed by atoms with van der Waals surface area (Å²) in [4.78, 5) is 25.7. The number of aromatic nitrogens is 1. The molecule has 6 rings (SSSR count). The Balaban J connectivity index is 1.30. The minimum Gasteiger partial charge on any atom is -0.508 e. The Kier molecular flexibility index (Phi) is 4.72. The van der Waals surface area contributed by atoms with E-state index in [1.807, 2.05) is 31.2 Å². The maximum absolute atomic E-state index is 13.3. The molecule has 0 fully saturated rings. The van der Waals surface area contributed by atoms with Gasteiger partial charge in [0.15, 0.2) is 5.58 Å². The van der Waals surface area contributed by atoms with E-state index in [2.05, 4.69) is 28.8 Å². The summed E-state index contributed by atoms with van der Waals surface area (Å²) in [7, 11) is 0. The second-order valence-electron chi connectivity index (χ2n) is 9.25. The highest BCUT2D eigenvalue weighted by atomic mass is 16.4. The van der Waals surface area contributed by atoms with Gasteiger partial charge in [-0.3, -0.25) is 9.36 Å². The van der Waals surface area contributed by atoms with Gasteiger partial charge in [-0.2, -0.15) is 0 Å². The molecular formula is C27H25N3O4. The van der Waals surface area contributed by atoms with E-state index in [4.69, 9.17) is 4.42 Å². The lowest BCUT2D eigenvalue weighted by atomic mass is 9.94. The van der Waals surface area contributed by atoms with Crippen molar-refractivity contribution in [2.45, 2.75) is 44.8 Å². The number of nitrogens with one attached hydrogen (secondary N) is 2. The van der Waals surface area contributed by atoms with Crippen LogP contribution < -0.4 is 16.4 Å². The molecule has 0 spiro atoms. The molecule has 3 heterocycles. The Hall–Kier alpha value is -4.00. The third-order valence-corrected chi connectivity index (χ3v) is 6.95. The van der Waals surface area contributed by atoms with E-state index in [0.29, 0.717) is 31.4 Å².